The van der Waals surface area contributed by atoms with Crippen molar-refractivity contribution in [2.75, 3.05) is 7.11 Å². The van der Waals surface area contributed by atoms with Crippen molar-refractivity contribution >= 4 is 5.78 Å². The Morgan fingerprint density at radius 2 is 1.79 bits per heavy atom. The van der Waals surface area contributed by atoms with Crippen molar-refractivity contribution in [1.82, 2.24) is 0 Å². The molecule has 0 amide bonds. The third-order valence-corrected chi connectivity index (χ3v) is 3.47. The van der Waals surface area contributed by atoms with Gasteiger partial charge in [0.05, 0.1) is 12.7 Å². The van der Waals surface area contributed by atoms with Crippen LogP contribution in [0.1, 0.15) is 38.6 Å². The van der Waals surface area contributed by atoms with E-state index in [4.69, 9.17) is 9.15 Å². The molecule has 2 rings (SSSR count). The molecule has 3 heteroatoms. The van der Waals surface area contributed by atoms with Crippen molar-refractivity contribution in [3.05, 3.63) is 52.0 Å². The molecule has 0 aliphatic heterocycles. The summed E-state index contributed by atoms with van der Waals surface area (Å²) in [4.78, 5) is 12.6. The number of carbonyl (C=O) groups excluding carboxylic acids is 1. The van der Waals surface area contributed by atoms with Crippen LogP contribution in [0.4, 0.5) is 0 Å². The van der Waals surface area contributed by atoms with E-state index >= 15 is 0 Å². The zero-order chi connectivity index (χ0) is 14.2. The molecule has 1 heterocycles. The lowest BCUT2D eigenvalue weighted by atomic mass is 9.96. The molecule has 0 saturated heterocycles. The van der Waals surface area contributed by atoms with E-state index in [2.05, 4.69) is 0 Å². The van der Waals surface area contributed by atoms with E-state index < -0.39 is 0 Å². The van der Waals surface area contributed by atoms with E-state index in [1.165, 1.54) is 0 Å². The lowest BCUT2D eigenvalue weighted by Gasteiger charge is -2.07. The maximum atomic E-state index is 12.6. The Bertz CT molecular complexity index is 636. The predicted octanol–water partition coefficient (Wildman–Crippen LogP) is 3.75. The average molecular weight is 258 g/mol. The first-order valence-electron chi connectivity index (χ1n) is 6.21. The Hall–Kier alpha value is -2.03. The summed E-state index contributed by atoms with van der Waals surface area (Å²) in [7, 11) is 1.62. The summed E-state index contributed by atoms with van der Waals surface area (Å²) < 4.78 is 10.7. The molecular formula is C16H18O3. The molecule has 0 bridgehead atoms. The fraction of sp³-hybridized carbons (Fsp3) is 0.312. The number of rotatable bonds is 3. The Kier molecular flexibility index (Phi) is 3.47. The van der Waals surface area contributed by atoms with Crippen molar-refractivity contribution < 1.29 is 13.9 Å². The molecular weight excluding hydrogens is 240 g/mol. The first-order valence-corrected chi connectivity index (χ1v) is 6.21. The van der Waals surface area contributed by atoms with Gasteiger partial charge in [-0.15, -0.1) is 0 Å². The first kappa shape index (κ1) is 13.4. The van der Waals surface area contributed by atoms with Gasteiger partial charge in [-0.25, -0.2) is 0 Å². The lowest BCUT2D eigenvalue weighted by Crippen LogP contribution is -2.06. The number of ether oxygens (including phenoxy) is 1. The number of benzene rings is 1. The number of methoxy groups -OCH3 is 1. The fourth-order valence-electron chi connectivity index (χ4n) is 2.28. The number of hydrogen-bond donors (Lipinski definition) is 0. The summed E-state index contributed by atoms with van der Waals surface area (Å²) >= 11 is 0. The summed E-state index contributed by atoms with van der Waals surface area (Å²) in [5.74, 6) is 2.24. The minimum atomic E-state index is 0.00648. The zero-order valence-corrected chi connectivity index (χ0v) is 12.0. The van der Waals surface area contributed by atoms with Crippen molar-refractivity contribution in [2.24, 2.45) is 0 Å². The first-order chi connectivity index (χ1) is 8.95. The SMILES string of the molecule is COc1ccc(C(=O)c2c(C)oc(C)c2C)c(C)c1. The molecule has 0 spiro atoms. The summed E-state index contributed by atoms with van der Waals surface area (Å²) in [5, 5.41) is 0. The van der Waals surface area contributed by atoms with E-state index in [0.29, 0.717) is 16.9 Å². The van der Waals surface area contributed by atoms with Gasteiger partial charge in [-0.1, -0.05) is 0 Å². The lowest BCUT2D eigenvalue weighted by molar-refractivity contribution is 0.103. The van der Waals surface area contributed by atoms with Crippen LogP contribution < -0.4 is 4.74 Å². The van der Waals surface area contributed by atoms with Crippen LogP contribution in [-0.4, -0.2) is 12.9 Å². The van der Waals surface area contributed by atoms with Crippen LogP contribution in [0.3, 0.4) is 0 Å². The quantitative estimate of drug-likeness (QED) is 0.787. The molecule has 0 N–H and O–H groups in total. The maximum Gasteiger partial charge on any atom is 0.197 e. The normalized spacial score (nSPS) is 10.6. The second-order valence-electron chi connectivity index (χ2n) is 4.72. The molecule has 2 aromatic rings. The highest BCUT2D eigenvalue weighted by atomic mass is 16.5. The molecule has 1 aromatic carbocycles. The van der Waals surface area contributed by atoms with Gasteiger partial charge < -0.3 is 9.15 Å². The molecule has 1 aromatic heterocycles. The molecule has 0 fully saturated rings. The van der Waals surface area contributed by atoms with Crippen LogP contribution >= 0.6 is 0 Å². The highest BCUT2D eigenvalue weighted by Crippen LogP contribution is 2.26. The monoisotopic (exact) mass is 258 g/mol. The Balaban J connectivity index is 2.50. The van der Waals surface area contributed by atoms with Gasteiger partial charge in [0, 0.05) is 11.1 Å². The molecule has 0 aliphatic rings. The number of aryl methyl sites for hydroxylation is 3. The van der Waals surface area contributed by atoms with E-state index in [-0.39, 0.29) is 5.78 Å². The standard InChI is InChI=1S/C16H18O3/c1-9-8-13(18-5)6-7-14(9)16(17)15-10(2)11(3)19-12(15)4/h6-8H,1-5H3. The minimum absolute atomic E-state index is 0.00648. The van der Waals surface area contributed by atoms with Gasteiger partial charge in [0.2, 0.25) is 0 Å². The van der Waals surface area contributed by atoms with Crippen LogP contribution in [-0.2, 0) is 0 Å². The van der Waals surface area contributed by atoms with Crippen molar-refractivity contribution in [1.29, 1.82) is 0 Å². The van der Waals surface area contributed by atoms with Crippen LogP contribution in [0, 0.1) is 27.7 Å². The van der Waals surface area contributed by atoms with Crippen LogP contribution in [0.2, 0.25) is 0 Å². The molecule has 0 unspecified atom stereocenters. The third-order valence-electron chi connectivity index (χ3n) is 3.47. The smallest absolute Gasteiger partial charge is 0.197 e. The van der Waals surface area contributed by atoms with E-state index in [9.17, 15) is 4.79 Å². The Morgan fingerprint density at radius 1 is 1.11 bits per heavy atom. The number of carbonyl (C=O) groups is 1. The summed E-state index contributed by atoms with van der Waals surface area (Å²) in [6, 6.07) is 5.47. The van der Waals surface area contributed by atoms with Crippen LogP contribution in [0.15, 0.2) is 22.6 Å². The van der Waals surface area contributed by atoms with Crippen LogP contribution in [0.5, 0.6) is 5.75 Å². The van der Waals surface area contributed by atoms with E-state index in [1.807, 2.05) is 33.8 Å². The molecule has 3 nitrogen and oxygen atoms in total. The Morgan fingerprint density at radius 3 is 2.26 bits per heavy atom. The third kappa shape index (κ3) is 2.28. The summed E-state index contributed by atoms with van der Waals surface area (Å²) in [5.41, 5.74) is 3.18. The number of furan rings is 1. The molecule has 19 heavy (non-hydrogen) atoms. The zero-order valence-electron chi connectivity index (χ0n) is 12.0. The van der Waals surface area contributed by atoms with E-state index in [0.717, 1.165) is 22.6 Å². The molecule has 0 aliphatic carbocycles. The molecule has 0 saturated carbocycles. The highest BCUT2D eigenvalue weighted by molar-refractivity contribution is 6.11. The van der Waals surface area contributed by atoms with Crippen LogP contribution in [0.25, 0.3) is 0 Å². The topological polar surface area (TPSA) is 39.4 Å². The number of hydrogen-bond acceptors (Lipinski definition) is 3. The summed E-state index contributed by atoms with van der Waals surface area (Å²) in [6.45, 7) is 7.53. The Labute approximate surface area is 113 Å². The van der Waals surface area contributed by atoms with Gasteiger partial charge in [-0.3, -0.25) is 4.79 Å². The van der Waals surface area contributed by atoms with Gasteiger partial charge in [-0.2, -0.15) is 0 Å². The van der Waals surface area contributed by atoms with Crippen molar-refractivity contribution in [3.63, 3.8) is 0 Å². The van der Waals surface area contributed by atoms with Crippen molar-refractivity contribution in [2.45, 2.75) is 27.7 Å². The maximum absolute atomic E-state index is 12.6. The van der Waals surface area contributed by atoms with E-state index in [1.54, 1.807) is 19.2 Å². The second-order valence-corrected chi connectivity index (χ2v) is 4.72. The van der Waals surface area contributed by atoms with Gasteiger partial charge >= 0.3 is 0 Å². The van der Waals surface area contributed by atoms with Gasteiger partial charge in [-0.05, 0) is 51.5 Å². The predicted molar refractivity (Wildman–Crippen MR) is 74.1 cm³/mol. The number of ketones is 1. The molecule has 0 radical (unpaired) electrons. The summed E-state index contributed by atoms with van der Waals surface area (Å²) in [6.07, 6.45) is 0. The van der Waals surface area contributed by atoms with Gasteiger partial charge in [0.15, 0.2) is 5.78 Å². The fourth-order valence-corrected chi connectivity index (χ4v) is 2.28. The molecule has 100 valence electrons. The second kappa shape index (κ2) is 4.92. The largest absolute Gasteiger partial charge is 0.497 e. The highest BCUT2D eigenvalue weighted by Gasteiger charge is 2.21. The van der Waals surface area contributed by atoms with Gasteiger partial charge in [0.1, 0.15) is 17.3 Å². The van der Waals surface area contributed by atoms with Crippen molar-refractivity contribution in [3.8, 4) is 5.75 Å². The molecule has 0 atom stereocenters. The van der Waals surface area contributed by atoms with Gasteiger partial charge in [0.25, 0.3) is 0 Å². The average Bonchev–Trinajstić information content (AvgIpc) is 2.62. The minimum Gasteiger partial charge on any atom is -0.497 e.